The molecule has 2 aromatic heterocycles. The second-order valence-electron chi connectivity index (χ2n) is 9.07. The number of ether oxygens (including phenoxy) is 2. The summed E-state index contributed by atoms with van der Waals surface area (Å²) in [5, 5.41) is 0. The number of carbonyl (C=O) groups is 1. The molecule has 0 fully saturated rings. The van der Waals surface area contributed by atoms with E-state index in [4.69, 9.17) is 13.9 Å². The van der Waals surface area contributed by atoms with E-state index >= 15 is 0 Å². The third kappa shape index (κ3) is 4.87. The van der Waals surface area contributed by atoms with Crippen molar-refractivity contribution in [2.45, 2.75) is 39.8 Å². The zero-order valence-electron chi connectivity index (χ0n) is 21.6. The van der Waals surface area contributed by atoms with Crippen LogP contribution >= 0.6 is 11.3 Å². The molecule has 1 aliphatic rings. The molecule has 0 saturated carbocycles. The van der Waals surface area contributed by atoms with Crippen LogP contribution in [-0.4, -0.2) is 23.2 Å². The predicted octanol–water partition coefficient (Wildman–Crippen LogP) is 4.85. The average molecular weight is 529 g/mol. The number of carbonyl (C=O) groups excluding carboxylic acids is 1. The lowest BCUT2D eigenvalue weighted by Gasteiger charge is -2.26. The Balaban J connectivity index is 1.68. The second-order valence-corrected chi connectivity index (χ2v) is 10.1. The summed E-state index contributed by atoms with van der Waals surface area (Å²) in [6, 6.07) is 20.2. The van der Waals surface area contributed by atoms with Gasteiger partial charge in [0.2, 0.25) is 0 Å². The fourth-order valence-electron chi connectivity index (χ4n) is 4.47. The monoisotopic (exact) mass is 528 g/mol. The summed E-state index contributed by atoms with van der Waals surface area (Å²) in [6.45, 7) is 7.59. The van der Waals surface area contributed by atoms with Gasteiger partial charge in [-0.25, -0.2) is 9.79 Å². The molecule has 0 radical (unpaired) electrons. The van der Waals surface area contributed by atoms with Gasteiger partial charge in [-0.3, -0.25) is 9.36 Å². The standard InChI is InChI=1S/C30H28N2O5S/c1-5-35-29(34)26-19(4)31-30-32(27(26)22-13-9-10-14-24(22)36-18(2)3)28(33)25(38-30)17-21-15-16-23(37-21)20-11-7-6-8-12-20/h6-18,27H,5H2,1-4H3/b25-17+/t27-/m1/s1. The van der Waals surface area contributed by atoms with Crippen LogP contribution in [-0.2, 0) is 9.53 Å². The molecule has 2 aromatic carbocycles. The smallest absolute Gasteiger partial charge is 0.338 e. The van der Waals surface area contributed by atoms with E-state index in [0.717, 1.165) is 5.56 Å². The van der Waals surface area contributed by atoms with Crippen LogP contribution in [0.1, 0.15) is 45.1 Å². The molecule has 0 N–H and O–H groups in total. The van der Waals surface area contributed by atoms with Crippen molar-refractivity contribution in [3.8, 4) is 17.1 Å². The molecule has 4 aromatic rings. The Morgan fingerprint density at radius 3 is 2.58 bits per heavy atom. The van der Waals surface area contributed by atoms with Gasteiger partial charge in [-0.1, -0.05) is 59.9 Å². The molecular weight excluding hydrogens is 500 g/mol. The Kier molecular flexibility index (Phi) is 7.15. The maximum absolute atomic E-state index is 13.9. The van der Waals surface area contributed by atoms with Crippen LogP contribution in [0.15, 0.2) is 92.2 Å². The van der Waals surface area contributed by atoms with Crippen LogP contribution in [0.5, 0.6) is 5.75 Å². The van der Waals surface area contributed by atoms with Gasteiger partial charge in [-0.2, -0.15) is 0 Å². The zero-order valence-corrected chi connectivity index (χ0v) is 22.5. The van der Waals surface area contributed by atoms with Gasteiger partial charge in [-0.15, -0.1) is 0 Å². The third-order valence-corrected chi connectivity index (χ3v) is 7.03. The molecule has 0 amide bonds. The van der Waals surface area contributed by atoms with E-state index in [1.165, 1.54) is 11.3 Å². The highest BCUT2D eigenvalue weighted by molar-refractivity contribution is 7.07. The number of hydrogen-bond acceptors (Lipinski definition) is 7. The van der Waals surface area contributed by atoms with Gasteiger partial charge in [0.05, 0.1) is 28.5 Å². The lowest BCUT2D eigenvalue weighted by atomic mass is 9.95. The van der Waals surface area contributed by atoms with E-state index in [1.807, 2.05) is 80.6 Å². The maximum Gasteiger partial charge on any atom is 0.338 e. The molecule has 38 heavy (non-hydrogen) atoms. The number of aromatic nitrogens is 1. The molecule has 1 aliphatic heterocycles. The fourth-order valence-corrected chi connectivity index (χ4v) is 5.50. The Labute approximate surface area is 224 Å². The van der Waals surface area contributed by atoms with Gasteiger partial charge in [0, 0.05) is 17.2 Å². The Morgan fingerprint density at radius 2 is 1.84 bits per heavy atom. The summed E-state index contributed by atoms with van der Waals surface area (Å²) >= 11 is 1.25. The summed E-state index contributed by atoms with van der Waals surface area (Å²) in [5.74, 6) is 1.35. The molecule has 0 unspecified atom stereocenters. The van der Waals surface area contributed by atoms with Gasteiger partial charge in [0.15, 0.2) is 4.80 Å². The number of esters is 1. The molecule has 8 heteroatoms. The lowest BCUT2D eigenvalue weighted by Crippen LogP contribution is -2.40. The van der Waals surface area contributed by atoms with Gasteiger partial charge < -0.3 is 13.9 Å². The number of hydrogen-bond donors (Lipinski definition) is 0. The van der Waals surface area contributed by atoms with Crippen LogP contribution in [0.4, 0.5) is 0 Å². The third-order valence-electron chi connectivity index (χ3n) is 6.05. The van der Waals surface area contributed by atoms with Crippen molar-refractivity contribution in [1.29, 1.82) is 0 Å². The highest BCUT2D eigenvalue weighted by Gasteiger charge is 2.35. The number of furan rings is 1. The Bertz CT molecular complexity index is 1690. The van der Waals surface area contributed by atoms with Crippen molar-refractivity contribution >= 4 is 23.4 Å². The van der Waals surface area contributed by atoms with Crippen LogP contribution < -0.4 is 19.6 Å². The first-order chi connectivity index (χ1) is 18.4. The molecule has 194 valence electrons. The topological polar surface area (TPSA) is 83.0 Å². The first kappa shape index (κ1) is 25.5. The number of nitrogens with zero attached hydrogens (tertiary/aromatic N) is 2. The van der Waals surface area contributed by atoms with E-state index in [2.05, 4.69) is 4.99 Å². The van der Waals surface area contributed by atoms with E-state index in [9.17, 15) is 9.59 Å². The number of thiazole rings is 1. The largest absolute Gasteiger partial charge is 0.491 e. The lowest BCUT2D eigenvalue weighted by molar-refractivity contribution is -0.139. The van der Waals surface area contributed by atoms with E-state index < -0.39 is 12.0 Å². The van der Waals surface area contributed by atoms with Crippen molar-refractivity contribution in [1.82, 2.24) is 4.57 Å². The van der Waals surface area contributed by atoms with Crippen LogP contribution in [0.2, 0.25) is 0 Å². The highest BCUT2D eigenvalue weighted by Crippen LogP contribution is 2.36. The summed E-state index contributed by atoms with van der Waals surface area (Å²) < 4.78 is 19.5. The summed E-state index contributed by atoms with van der Waals surface area (Å²) in [4.78, 5) is 32.2. The number of para-hydroxylation sites is 1. The van der Waals surface area contributed by atoms with Crippen molar-refractivity contribution in [3.05, 3.63) is 109 Å². The molecule has 0 bridgehead atoms. The highest BCUT2D eigenvalue weighted by atomic mass is 32.1. The first-order valence-electron chi connectivity index (χ1n) is 12.5. The van der Waals surface area contributed by atoms with E-state index in [0.29, 0.717) is 43.4 Å². The summed E-state index contributed by atoms with van der Waals surface area (Å²) in [6.07, 6.45) is 1.62. The maximum atomic E-state index is 13.9. The molecule has 1 atom stereocenters. The predicted molar refractivity (Wildman–Crippen MR) is 147 cm³/mol. The van der Waals surface area contributed by atoms with Gasteiger partial charge in [0.1, 0.15) is 23.3 Å². The molecular formula is C30H28N2O5S. The first-order valence-corrected chi connectivity index (χ1v) is 13.3. The SMILES string of the molecule is CCOC(=O)C1=C(C)N=c2s/c(=C/c3ccc(-c4ccccc4)o3)c(=O)n2[C@@H]1c1ccccc1OC(C)C. The number of rotatable bonds is 7. The van der Waals surface area contributed by atoms with E-state index in [1.54, 1.807) is 24.5 Å². The van der Waals surface area contributed by atoms with Crippen molar-refractivity contribution in [2.75, 3.05) is 6.61 Å². The molecule has 3 heterocycles. The Morgan fingerprint density at radius 1 is 1.11 bits per heavy atom. The number of benzene rings is 2. The Hall–Kier alpha value is -4.17. The van der Waals surface area contributed by atoms with E-state index in [-0.39, 0.29) is 18.3 Å². The minimum atomic E-state index is -0.751. The molecule has 0 spiro atoms. The van der Waals surface area contributed by atoms with Crippen molar-refractivity contribution < 1.29 is 18.7 Å². The number of fused-ring (bicyclic) bond motifs is 1. The van der Waals surface area contributed by atoms with Gasteiger partial charge in [-0.05, 0) is 45.9 Å². The number of allylic oxidation sites excluding steroid dienone is 1. The summed E-state index contributed by atoms with van der Waals surface area (Å²) in [7, 11) is 0. The quantitative estimate of drug-likeness (QED) is 0.321. The molecule has 0 saturated heterocycles. The van der Waals surface area contributed by atoms with Gasteiger partial charge in [0.25, 0.3) is 5.56 Å². The average Bonchev–Trinajstić information content (AvgIpc) is 3.48. The molecule has 0 aliphatic carbocycles. The van der Waals surface area contributed by atoms with Crippen LogP contribution in [0.25, 0.3) is 17.4 Å². The minimum Gasteiger partial charge on any atom is -0.491 e. The second kappa shape index (κ2) is 10.7. The zero-order chi connectivity index (χ0) is 26.8. The van der Waals surface area contributed by atoms with Crippen LogP contribution in [0.3, 0.4) is 0 Å². The van der Waals surface area contributed by atoms with Gasteiger partial charge >= 0.3 is 5.97 Å². The normalized spacial score (nSPS) is 15.4. The van der Waals surface area contributed by atoms with Crippen molar-refractivity contribution in [3.63, 3.8) is 0 Å². The molecule has 5 rings (SSSR count). The fraction of sp³-hybridized carbons (Fsp3) is 0.233. The van der Waals surface area contributed by atoms with Crippen LogP contribution in [0, 0.1) is 0 Å². The molecule has 7 nitrogen and oxygen atoms in total. The summed E-state index contributed by atoms with van der Waals surface area (Å²) in [5.41, 5.74) is 2.19. The van der Waals surface area contributed by atoms with Crippen molar-refractivity contribution in [2.24, 2.45) is 4.99 Å². The minimum absolute atomic E-state index is 0.0964.